The van der Waals surface area contributed by atoms with Crippen LogP contribution < -0.4 is 0 Å². The Morgan fingerprint density at radius 3 is 2.05 bits per heavy atom. The van der Waals surface area contributed by atoms with Crippen LogP contribution in [0.15, 0.2) is 28.7 Å². The lowest BCUT2D eigenvalue weighted by atomic mass is 9.91. The van der Waals surface area contributed by atoms with Gasteiger partial charge >= 0.3 is 0 Å². The first-order chi connectivity index (χ1) is 9.09. The van der Waals surface area contributed by atoms with Crippen molar-refractivity contribution in [2.24, 2.45) is 0 Å². The predicted octanol–water partition coefficient (Wildman–Crippen LogP) is 4.91. The Morgan fingerprint density at radius 2 is 1.58 bits per heavy atom. The van der Waals surface area contributed by atoms with Crippen molar-refractivity contribution in [3.8, 4) is 11.8 Å². The van der Waals surface area contributed by atoms with Crippen LogP contribution in [0.2, 0.25) is 0 Å². The maximum absolute atomic E-state index is 10.6. The van der Waals surface area contributed by atoms with Gasteiger partial charge in [-0.1, -0.05) is 54.5 Å². The van der Waals surface area contributed by atoms with Gasteiger partial charge in [-0.25, -0.2) is 0 Å². The Bertz CT molecular complexity index is 417. The second kappa shape index (κ2) is 8.40. The van der Waals surface area contributed by atoms with E-state index in [1.807, 2.05) is 24.3 Å². The highest BCUT2D eigenvalue weighted by Gasteiger charge is 2.22. The molecule has 0 saturated carbocycles. The van der Waals surface area contributed by atoms with Gasteiger partial charge in [0, 0.05) is 10.0 Å². The minimum absolute atomic E-state index is 0.771. The Morgan fingerprint density at radius 1 is 1.05 bits per heavy atom. The average Bonchev–Trinajstić information content (AvgIpc) is 2.43. The number of unbranched alkanes of at least 4 members (excludes halogenated alkanes) is 2. The SMILES string of the molecule is CCCCC(O)(C#Cc1ccc(Br)cc1)CCCC. The van der Waals surface area contributed by atoms with Crippen molar-refractivity contribution >= 4 is 15.9 Å². The third-order valence-electron chi connectivity index (χ3n) is 3.17. The highest BCUT2D eigenvalue weighted by atomic mass is 79.9. The molecule has 1 aromatic rings. The van der Waals surface area contributed by atoms with Gasteiger partial charge in [-0.15, -0.1) is 0 Å². The van der Waals surface area contributed by atoms with Crippen LogP contribution in [-0.2, 0) is 0 Å². The molecule has 0 amide bonds. The molecule has 2 heteroatoms. The molecule has 104 valence electrons. The zero-order chi connectivity index (χ0) is 14.1. The fourth-order valence-corrected chi connectivity index (χ4v) is 2.17. The molecule has 0 aliphatic carbocycles. The molecule has 0 aliphatic heterocycles. The molecule has 0 heterocycles. The fourth-order valence-electron chi connectivity index (χ4n) is 1.91. The summed E-state index contributed by atoms with van der Waals surface area (Å²) in [5.41, 5.74) is 0.133. The molecule has 0 fully saturated rings. The van der Waals surface area contributed by atoms with E-state index in [0.717, 1.165) is 48.6 Å². The first-order valence-corrected chi connectivity index (χ1v) is 7.90. The van der Waals surface area contributed by atoms with E-state index < -0.39 is 5.60 Å². The molecule has 0 unspecified atom stereocenters. The van der Waals surface area contributed by atoms with E-state index in [-0.39, 0.29) is 0 Å². The molecule has 1 aromatic carbocycles. The fraction of sp³-hybridized carbons (Fsp3) is 0.529. The molecule has 1 rings (SSSR count). The van der Waals surface area contributed by atoms with E-state index in [4.69, 9.17) is 0 Å². The number of halogens is 1. The molecule has 1 nitrogen and oxygen atoms in total. The lowest BCUT2D eigenvalue weighted by Gasteiger charge is -2.21. The minimum Gasteiger partial charge on any atom is -0.378 e. The van der Waals surface area contributed by atoms with Gasteiger partial charge in [-0.3, -0.25) is 0 Å². The van der Waals surface area contributed by atoms with E-state index in [9.17, 15) is 5.11 Å². The van der Waals surface area contributed by atoms with Gasteiger partial charge in [0.15, 0.2) is 0 Å². The molecule has 19 heavy (non-hydrogen) atoms. The van der Waals surface area contributed by atoms with Crippen molar-refractivity contribution < 1.29 is 5.11 Å². The van der Waals surface area contributed by atoms with E-state index in [2.05, 4.69) is 41.6 Å². The second-order valence-electron chi connectivity index (χ2n) is 5.00. The molecule has 0 radical (unpaired) electrons. The van der Waals surface area contributed by atoms with Crippen LogP contribution in [0.5, 0.6) is 0 Å². The normalized spacial score (nSPS) is 10.9. The summed E-state index contributed by atoms with van der Waals surface area (Å²) in [5.74, 6) is 6.20. The molecular weight excluding hydrogens is 300 g/mol. The number of hydrogen-bond acceptors (Lipinski definition) is 1. The van der Waals surface area contributed by atoms with Crippen molar-refractivity contribution in [2.75, 3.05) is 0 Å². The summed E-state index contributed by atoms with van der Waals surface area (Å²) in [7, 11) is 0. The smallest absolute Gasteiger partial charge is 0.125 e. The number of aliphatic hydroxyl groups is 1. The van der Waals surface area contributed by atoms with Crippen molar-refractivity contribution in [1.82, 2.24) is 0 Å². The van der Waals surface area contributed by atoms with E-state index in [1.54, 1.807) is 0 Å². The molecule has 1 N–H and O–H groups in total. The Kier molecular flexibility index (Phi) is 7.20. The van der Waals surface area contributed by atoms with Crippen LogP contribution in [0, 0.1) is 11.8 Å². The van der Waals surface area contributed by atoms with E-state index in [0.29, 0.717) is 0 Å². The summed E-state index contributed by atoms with van der Waals surface area (Å²) < 4.78 is 1.05. The van der Waals surface area contributed by atoms with E-state index in [1.165, 1.54) is 0 Å². The Labute approximate surface area is 125 Å². The quantitative estimate of drug-likeness (QED) is 0.737. The van der Waals surface area contributed by atoms with Gasteiger partial charge in [0.25, 0.3) is 0 Å². The summed E-state index contributed by atoms with van der Waals surface area (Å²) in [6.07, 6.45) is 5.77. The summed E-state index contributed by atoms with van der Waals surface area (Å²) >= 11 is 3.41. The number of hydrogen-bond donors (Lipinski definition) is 1. The molecule has 0 saturated heterocycles. The van der Waals surface area contributed by atoms with Gasteiger partial charge in [0.1, 0.15) is 5.60 Å². The predicted molar refractivity (Wildman–Crippen MR) is 85.0 cm³/mol. The second-order valence-corrected chi connectivity index (χ2v) is 5.91. The number of rotatable bonds is 6. The average molecular weight is 323 g/mol. The standard InChI is InChI=1S/C17H23BrO/c1-3-5-12-17(19,13-6-4-2)14-11-15-7-9-16(18)10-8-15/h7-10,19H,3-6,12-13H2,1-2H3. The van der Waals surface area contributed by atoms with Gasteiger partial charge in [-0.2, -0.15) is 0 Å². The Hall–Kier alpha value is -0.780. The van der Waals surface area contributed by atoms with Gasteiger partial charge in [0.05, 0.1) is 0 Å². The lowest BCUT2D eigenvalue weighted by Crippen LogP contribution is -2.26. The van der Waals surface area contributed by atoms with Crippen LogP contribution in [0.25, 0.3) is 0 Å². The highest BCUT2D eigenvalue weighted by Crippen LogP contribution is 2.21. The summed E-state index contributed by atoms with van der Waals surface area (Å²) in [4.78, 5) is 0. The Balaban J connectivity index is 2.78. The van der Waals surface area contributed by atoms with Gasteiger partial charge in [0.2, 0.25) is 0 Å². The lowest BCUT2D eigenvalue weighted by molar-refractivity contribution is 0.0774. The molecule has 0 aliphatic rings. The molecule has 0 bridgehead atoms. The summed E-state index contributed by atoms with van der Waals surface area (Å²) in [5, 5.41) is 10.6. The summed E-state index contributed by atoms with van der Waals surface area (Å²) in [6, 6.07) is 7.89. The van der Waals surface area contributed by atoms with Crippen molar-refractivity contribution in [2.45, 2.75) is 58.0 Å². The molecule has 0 aromatic heterocycles. The largest absolute Gasteiger partial charge is 0.378 e. The van der Waals surface area contributed by atoms with Crippen molar-refractivity contribution in [1.29, 1.82) is 0 Å². The topological polar surface area (TPSA) is 20.2 Å². The van der Waals surface area contributed by atoms with Crippen molar-refractivity contribution in [3.05, 3.63) is 34.3 Å². The molecule has 0 spiro atoms. The zero-order valence-electron chi connectivity index (χ0n) is 11.9. The van der Waals surface area contributed by atoms with Crippen LogP contribution >= 0.6 is 15.9 Å². The van der Waals surface area contributed by atoms with Crippen LogP contribution in [0.4, 0.5) is 0 Å². The zero-order valence-corrected chi connectivity index (χ0v) is 13.5. The molecular formula is C17H23BrO. The number of benzene rings is 1. The first-order valence-electron chi connectivity index (χ1n) is 7.11. The third-order valence-corrected chi connectivity index (χ3v) is 3.70. The third kappa shape index (κ3) is 6.27. The van der Waals surface area contributed by atoms with Gasteiger partial charge < -0.3 is 5.11 Å². The molecule has 0 atom stereocenters. The van der Waals surface area contributed by atoms with Crippen LogP contribution in [0.3, 0.4) is 0 Å². The summed E-state index contributed by atoms with van der Waals surface area (Å²) in [6.45, 7) is 4.28. The van der Waals surface area contributed by atoms with Gasteiger partial charge in [-0.05, 0) is 49.9 Å². The maximum atomic E-state index is 10.6. The monoisotopic (exact) mass is 322 g/mol. The maximum Gasteiger partial charge on any atom is 0.125 e. The van der Waals surface area contributed by atoms with Crippen LogP contribution in [0.1, 0.15) is 57.9 Å². The highest BCUT2D eigenvalue weighted by molar-refractivity contribution is 9.10. The van der Waals surface area contributed by atoms with Crippen LogP contribution in [-0.4, -0.2) is 10.7 Å². The first kappa shape index (κ1) is 16.3. The van der Waals surface area contributed by atoms with Crippen molar-refractivity contribution in [3.63, 3.8) is 0 Å². The minimum atomic E-state index is -0.820. The van der Waals surface area contributed by atoms with E-state index >= 15 is 0 Å².